The lowest BCUT2D eigenvalue weighted by atomic mass is 10.1. The largest absolute Gasteiger partial charge is 0.395 e. The van der Waals surface area contributed by atoms with Crippen molar-refractivity contribution in [3.05, 3.63) is 11.4 Å². The first-order valence-electron chi connectivity index (χ1n) is 5.62. The van der Waals surface area contributed by atoms with E-state index in [9.17, 15) is 9.90 Å². The zero-order chi connectivity index (χ0) is 12.8. The molecule has 17 heavy (non-hydrogen) atoms. The number of nitrogens with two attached hydrogens (primary N) is 1. The molecule has 2 heterocycles. The summed E-state index contributed by atoms with van der Waals surface area (Å²) in [6, 6.07) is 0. The Morgan fingerprint density at radius 3 is 2.65 bits per heavy atom. The predicted octanol–water partition coefficient (Wildman–Crippen LogP) is -0.0924. The first-order valence-corrected chi connectivity index (χ1v) is 5.62. The number of aromatic nitrogens is 2. The van der Waals surface area contributed by atoms with E-state index in [2.05, 4.69) is 5.10 Å². The second-order valence-electron chi connectivity index (χ2n) is 4.94. The van der Waals surface area contributed by atoms with Crippen LogP contribution in [0.4, 0.5) is 5.69 Å². The number of rotatable bonds is 1. The van der Waals surface area contributed by atoms with Gasteiger partial charge in [-0.2, -0.15) is 5.10 Å². The molecule has 1 fully saturated rings. The number of aryl methyl sites for hydroxylation is 2. The SMILES string of the molecule is Cc1nn(C)c(C(=O)N2CCC(C)(O)C2)c1N. The van der Waals surface area contributed by atoms with E-state index in [1.807, 2.05) is 0 Å². The fourth-order valence-corrected chi connectivity index (χ4v) is 2.20. The molecule has 0 aromatic carbocycles. The lowest BCUT2D eigenvalue weighted by molar-refractivity contribution is 0.0566. The molecule has 1 aliphatic heterocycles. The molecule has 0 saturated carbocycles. The smallest absolute Gasteiger partial charge is 0.274 e. The van der Waals surface area contributed by atoms with E-state index >= 15 is 0 Å². The lowest BCUT2D eigenvalue weighted by Gasteiger charge is -2.19. The summed E-state index contributed by atoms with van der Waals surface area (Å²) in [7, 11) is 1.70. The molecule has 1 saturated heterocycles. The van der Waals surface area contributed by atoms with Crippen LogP contribution >= 0.6 is 0 Å². The zero-order valence-electron chi connectivity index (χ0n) is 10.4. The Morgan fingerprint density at radius 1 is 1.59 bits per heavy atom. The summed E-state index contributed by atoms with van der Waals surface area (Å²) in [6.45, 7) is 4.40. The number of hydrogen-bond donors (Lipinski definition) is 2. The molecular weight excluding hydrogens is 220 g/mol. The first kappa shape index (κ1) is 11.9. The summed E-state index contributed by atoms with van der Waals surface area (Å²) in [5, 5.41) is 14.0. The van der Waals surface area contributed by atoms with Crippen LogP contribution in [0.15, 0.2) is 0 Å². The molecule has 0 radical (unpaired) electrons. The average Bonchev–Trinajstić information content (AvgIpc) is 2.68. The Hall–Kier alpha value is -1.56. The van der Waals surface area contributed by atoms with E-state index < -0.39 is 5.60 Å². The molecule has 1 aromatic heterocycles. The molecule has 1 aliphatic rings. The molecule has 94 valence electrons. The molecular formula is C11H18N4O2. The molecule has 6 nitrogen and oxygen atoms in total. The Morgan fingerprint density at radius 2 is 2.24 bits per heavy atom. The van der Waals surface area contributed by atoms with Gasteiger partial charge in [0, 0.05) is 20.1 Å². The third kappa shape index (κ3) is 2.00. The van der Waals surface area contributed by atoms with Gasteiger partial charge in [0.1, 0.15) is 5.69 Å². The molecule has 1 atom stereocenters. The van der Waals surface area contributed by atoms with E-state index in [1.54, 1.807) is 25.8 Å². The summed E-state index contributed by atoms with van der Waals surface area (Å²) in [6.07, 6.45) is 0.593. The van der Waals surface area contributed by atoms with Gasteiger partial charge in [0.15, 0.2) is 0 Å². The fraction of sp³-hybridized carbons (Fsp3) is 0.636. The van der Waals surface area contributed by atoms with Gasteiger partial charge in [-0.25, -0.2) is 0 Å². The minimum Gasteiger partial charge on any atom is -0.395 e. The highest BCUT2D eigenvalue weighted by Gasteiger charge is 2.36. The van der Waals surface area contributed by atoms with Crippen molar-refractivity contribution in [2.45, 2.75) is 25.9 Å². The number of nitrogen functional groups attached to an aromatic ring is 1. The number of β-amino-alcohol motifs (C(OH)–C–C–N with tert-alkyl or cyclic N) is 1. The van der Waals surface area contributed by atoms with Crippen molar-refractivity contribution in [1.29, 1.82) is 0 Å². The summed E-state index contributed by atoms with van der Waals surface area (Å²) in [4.78, 5) is 13.9. The number of likely N-dealkylation sites (tertiary alicyclic amines) is 1. The van der Waals surface area contributed by atoms with Crippen molar-refractivity contribution in [1.82, 2.24) is 14.7 Å². The molecule has 0 bridgehead atoms. The highest BCUT2D eigenvalue weighted by molar-refractivity contribution is 5.98. The molecule has 6 heteroatoms. The Labute approximate surface area is 100 Å². The van der Waals surface area contributed by atoms with E-state index in [4.69, 9.17) is 5.73 Å². The highest BCUT2D eigenvalue weighted by atomic mass is 16.3. The molecule has 1 aromatic rings. The van der Waals surface area contributed by atoms with Gasteiger partial charge >= 0.3 is 0 Å². The number of carbonyl (C=O) groups excluding carboxylic acids is 1. The third-order valence-corrected chi connectivity index (χ3v) is 3.21. The van der Waals surface area contributed by atoms with Gasteiger partial charge in [-0.1, -0.05) is 0 Å². The number of aliphatic hydroxyl groups is 1. The minimum absolute atomic E-state index is 0.164. The zero-order valence-corrected chi connectivity index (χ0v) is 10.4. The Kier molecular flexibility index (Phi) is 2.61. The van der Waals surface area contributed by atoms with E-state index in [-0.39, 0.29) is 5.91 Å². The van der Waals surface area contributed by atoms with Crippen molar-refractivity contribution in [3.8, 4) is 0 Å². The van der Waals surface area contributed by atoms with Crippen molar-refractivity contribution in [2.75, 3.05) is 18.8 Å². The monoisotopic (exact) mass is 238 g/mol. The number of nitrogens with zero attached hydrogens (tertiary/aromatic N) is 3. The maximum Gasteiger partial charge on any atom is 0.274 e. The number of hydrogen-bond acceptors (Lipinski definition) is 4. The van der Waals surface area contributed by atoms with Crippen LogP contribution in [0.5, 0.6) is 0 Å². The first-order chi connectivity index (χ1) is 7.82. The van der Waals surface area contributed by atoms with Crippen molar-refractivity contribution in [2.24, 2.45) is 7.05 Å². The van der Waals surface area contributed by atoms with Gasteiger partial charge in [0.2, 0.25) is 0 Å². The van der Waals surface area contributed by atoms with Gasteiger partial charge in [-0.05, 0) is 20.3 Å². The van der Waals surface area contributed by atoms with Gasteiger partial charge < -0.3 is 15.7 Å². The van der Waals surface area contributed by atoms with Gasteiger partial charge in [0.25, 0.3) is 5.91 Å². The van der Waals surface area contributed by atoms with Crippen LogP contribution in [0, 0.1) is 6.92 Å². The highest BCUT2D eigenvalue weighted by Crippen LogP contribution is 2.24. The number of anilines is 1. The van der Waals surface area contributed by atoms with Crippen LogP contribution in [0.2, 0.25) is 0 Å². The maximum absolute atomic E-state index is 12.3. The second kappa shape index (κ2) is 3.73. The van der Waals surface area contributed by atoms with E-state index in [0.29, 0.717) is 36.6 Å². The predicted molar refractivity (Wildman–Crippen MR) is 63.5 cm³/mol. The van der Waals surface area contributed by atoms with Crippen molar-refractivity contribution < 1.29 is 9.90 Å². The summed E-state index contributed by atoms with van der Waals surface area (Å²) in [5.41, 5.74) is 6.53. The number of carbonyl (C=O) groups is 1. The Bertz CT molecular complexity index is 464. The van der Waals surface area contributed by atoms with Crippen LogP contribution in [-0.2, 0) is 7.05 Å². The van der Waals surface area contributed by atoms with Crippen LogP contribution < -0.4 is 5.73 Å². The third-order valence-electron chi connectivity index (χ3n) is 3.21. The molecule has 2 rings (SSSR count). The van der Waals surface area contributed by atoms with Crippen LogP contribution in [0.25, 0.3) is 0 Å². The van der Waals surface area contributed by atoms with Gasteiger partial charge in [0.05, 0.1) is 17.0 Å². The molecule has 1 amide bonds. The molecule has 0 spiro atoms. The van der Waals surface area contributed by atoms with Gasteiger partial charge in [-0.15, -0.1) is 0 Å². The van der Waals surface area contributed by atoms with Crippen LogP contribution in [-0.4, -0.2) is 44.4 Å². The summed E-state index contributed by atoms with van der Waals surface area (Å²) in [5.74, 6) is -0.164. The summed E-state index contributed by atoms with van der Waals surface area (Å²) >= 11 is 0. The van der Waals surface area contributed by atoms with Crippen molar-refractivity contribution in [3.63, 3.8) is 0 Å². The molecule has 1 unspecified atom stereocenters. The van der Waals surface area contributed by atoms with E-state index in [0.717, 1.165) is 0 Å². The topological polar surface area (TPSA) is 84.4 Å². The van der Waals surface area contributed by atoms with E-state index in [1.165, 1.54) is 4.68 Å². The van der Waals surface area contributed by atoms with Crippen molar-refractivity contribution >= 4 is 11.6 Å². The minimum atomic E-state index is -0.794. The van der Waals surface area contributed by atoms with Crippen LogP contribution in [0.3, 0.4) is 0 Å². The molecule has 0 aliphatic carbocycles. The fourth-order valence-electron chi connectivity index (χ4n) is 2.20. The quantitative estimate of drug-likeness (QED) is 0.716. The standard InChI is InChI=1S/C11H18N4O2/c1-7-8(12)9(14(3)13-7)10(16)15-5-4-11(2,17)6-15/h17H,4-6,12H2,1-3H3. The van der Waals surface area contributed by atoms with Crippen LogP contribution in [0.1, 0.15) is 29.5 Å². The second-order valence-corrected chi connectivity index (χ2v) is 4.94. The maximum atomic E-state index is 12.3. The normalized spacial score (nSPS) is 24.4. The summed E-state index contributed by atoms with van der Waals surface area (Å²) < 4.78 is 1.50. The average molecular weight is 238 g/mol. The molecule has 3 N–H and O–H groups in total. The Balaban J connectivity index is 2.27. The lowest BCUT2D eigenvalue weighted by Crippen LogP contribution is -2.35. The van der Waals surface area contributed by atoms with Gasteiger partial charge in [-0.3, -0.25) is 9.48 Å². The number of amides is 1.